The Labute approximate surface area is 159 Å². The number of carbonyl (C=O) groups excluding carboxylic acids is 2. The summed E-state index contributed by atoms with van der Waals surface area (Å²) in [5.41, 5.74) is 0.338. The molecule has 0 aromatic heterocycles. The van der Waals surface area contributed by atoms with Gasteiger partial charge in [0, 0.05) is 38.8 Å². The highest BCUT2D eigenvalue weighted by atomic mass is 19.1. The molecule has 0 aliphatic carbocycles. The minimum atomic E-state index is -0.541. The maximum Gasteiger partial charge on any atom is 0.410 e. The van der Waals surface area contributed by atoms with Gasteiger partial charge in [0.25, 0.3) is 0 Å². The molecule has 1 heterocycles. The van der Waals surface area contributed by atoms with E-state index in [1.54, 1.807) is 30.1 Å². The number of nitrogens with zero attached hydrogens (tertiary/aromatic N) is 3. The van der Waals surface area contributed by atoms with E-state index in [0.717, 1.165) is 0 Å². The predicted molar refractivity (Wildman–Crippen MR) is 100 cm³/mol. The standard InChI is InChI=1S/C19H28FN3O4/c1-19(2,3)27-18(25)23-11-9-22(10-12-23)15-8-6-7-14(16(15)20)13-21(4)17(24)26-5/h6-8H,9-13H2,1-5H3. The van der Waals surface area contributed by atoms with Crippen molar-refractivity contribution in [2.24, 2.45) is 0 Å². The van der Waals surface area contributed by atoms with Crippen LogP contribution < -0.4 is 4.90 Å². The highest BCUT2D eigenvalue weighted by molar-refractivity contribution is 5.69. The second kappa shape index (κ2) is 8.45. The first-order chi connectivity index (χ1) is 12.6. The Morgan fingerprint density at radius 1 is 1.19 bits per heavy atom. The van der Waals surface area contributed by atoms with Gasteiger partial charge in [-0.15, -0.1) is 0 Å². The molecule has 0 atom stereocenters. The monoisotopic (exact) mass is 381 g/mol. The first kappa shape index (κ1) is 20.8. The molecule has 0 saturated carbocycles. The van der Waals surface area contributed by atoms with E-state index >= 15 is 0 Å². The van der Waals surface area contributed by atoms with Crippen LogP contribution in [-0.2, 0) is 16.0 Å². The molecule has 0 N–H and O–H groups in total. The van der Waals surface area contributed by atoms with Crippen molar-refractivity contribution >= 4 is 17.9 Å². The second-order valence-corrected chi connectivity index (χ2v) is 7.53. The molecular formula is C19H28FN3O4. The molecule has 0 unspecified atom stereocenters. The van der Waals surface area contributed by atoms with Crippen LogP contribution in [0.15, 0.2) is 18.2 Å². The lowest BCUT2D eigenvalue weighted by Crippen LogP contribution is -2.50. The van der Waals surface area contributed by atoms with Crippen molar-refractivity contribution in [1.29, 1.82) is 0 Å². The molecule has 8 heteroatoms. The zero-order valence-electron chi connectivity index (χ0n) is 16.6. The fourth-order valence-electron chi connectivity index (χ4n) is 2.86. The number of halogens is 1. The second-order valence-electron chi connectivity index (χ2n) is 7.53. The molecule has 1 aromatic carbocycles. The maximum atomic E-state index is 14.9. The molecule has 150 valence electrons. The lowest BCUT2D eigenvalue weighted by atomic mass is 10.1. The van der Waals surface area contributed by atoms with Crippen LogP contribution in [0.3, 0.4) is 0 Å². The molecule has 1 fully saturated rings. The lowest BCUT2D eigenvalue weighted by Gasteiger charge is -2.37. The summed E-state index contributed by atoms with van der Waals surface area (Å²) in [6.07, 6.45) is -0.873. The quantitative estimate of drug-likeness (QED) is 0.805. The van der Waals surface area contributed by atoms with Gasteiger partial charge in [-0.3, -0.25) is 0 Å². The van der Waals surface area contributed by atoms with Crippen molar-refractivity contribution in [3.8, 4) is 0 Å². The van der Waals surface area contributed by atoms with Gasteiger partial charge in [-0.25, -0.2) is 14.0 Å². The van der Waals surface area contributed by atoms with Crippen LogP contribution in [0.25, 0.3) is 0 Å². The smallest absolute Gasteiger partial charge is 0.410 e. The summed E-state index contributed by atoms with van der Waals surface area (Å²) in [7, 11) is 2.84. The summed E-state index contributed by atoms with van der Waals surface area (Å²) in [5, 5.41) is 0. The van der Waals surface area contributed by atoms with E-state index in [0.29, 0.717) is 37.4 Å². The molecule has 1 aliphatic rings. The fraction of sp³-hybridized carbons (Fsp3) is 0.579. The fourth-order valence-corrected chi connectivity index (χ4v) is 2.86. The molecule has 1 aromatic rings. The van der Waals surface area contributed by atoms with Crippen LogP contribution in [0.4, 0.5) is 19.7 Å². The van der Waals surface area contributed by atoms with Gasteiger partial charge < -0.3 is 24.2 Å². The average Bonchev–Trinajstić information content (AvgIpc) is 2.61. The van der Waals surface area contributed by atoms with Crippen molar-refractivity contribution in [2.75, 3.05) is 45.2 Å². The molecule has 2 rings (SSSR count). The average molecular weight is 381 g/mol. The van der Waals surface area contributed by atoms with Crippen LogP contribution >= 0.6 is 0 Å². The molecule has 0 bridgehead atoms. The van der Waals surface area contributed by atoms with Gasteiger partial charge in [0.1, 0.15) is 5.60 Å². The van der Waals surface area contributed by atoms with Crippen LogP contribution in [0.5, 0.6) is 0 Å². The van der Waals surface area contributed by atoms with Gasteiger partial charge in [0.15, 0.2) is 5.82 Å². The predicted octanol–water partition coefficient (Wildman–Crippen LogP) is 3.08. The van der Waals surface area contributed by atoms with Gasteiger partial charge >= 0.3 is 12.2 Å². The molecule has 1 aliphatic heterocycles. The van der Waals surface area contributed by atoms with Crippen LogP contribution in [0.1, 0.15) is 26.3 Å². The summed E-state index contributed by atoms with van der Waals surface area (Å²) in [6.45, 7) is 7.53. The normalized spacial score (nSPS) is 14.7. The molecule has 0 spiro atoms. The minimum Gasteiger partial charge on any atom is -0.453 e. The summed E-state index contributed by atoms with van der Waals surface area (Å²) in [5.74, 6) is -0.362. The highest BCUT2D eigenvalue weighted by Crippen LogP contribution is 2.25. The van der Waals surface area contributed by atoms with E-state index in [-0.39, 0.29) is 18.5 Å². The number of anilines is 1. The van der Waals surface area contributed by atoms with E-state index in [1.807, 2.05) is 25.7 Å². The third-order valence-electron chi connectivity index (χ3n) is 4.22. The van der Waals surface area contributed by atoms with E-state index in [9.17, 15) is 14.0 Å². The molecule has 1 saturated heterocycles. The van der Waals surface area contributed by atoms with Gasteiger partial charge in [0.2, 0.25) is 0 Å². The summed E-state index contributed by atoms with van der Waals surface area (Å²) < 4.78 is 25.0. The van der Waals surface area contributed by atoms with Gasteiger partial charge in [-0.05, 0) is 26.8 Å². The molecular weight excluding hydrogens is 353 g/mol. The number of benzene rings is 1. The Hall–Kier alpha value is -2.51. The van der Waals surface area contributed by atoms with Crippen molar-refractivity contribution < 1.29 is 23.5 Å². The zero-order chi connectivity index (χ0) is 20.2. The van der Waals surface area contributed by atoms with E-state index in [1.165, 1.54) is 12.0 Å². The summed E-state index contributed by atoms with van der Waals surface area (Å²) >= 11 is 0. The van der Waals surface area contributed by atoms with Gasteiger partial charge in [-0.1, -0.05) is 12.1 Å². The Morgan fingerprint density at radius 2 is 1.81 bits per heavy atom. The first-order valence-electron chi connectivity index (χ1n) is 8.91. The van der Waals surface area contributed by atoms with Crippen molar-refractivity contribution in [3.63, 3.8) is 0 Å². The third-order valence-corrected chi connectivity index (χ3v) is 4.22. The maximum absolute atomic E-state index is 14.9. The number of hydrogen-bond donors (Lipinski definition) is 0. The highest BCUT2D eigenvalue weighted by Gasteiger charge is 2.27. The Morgan fingerprint density at radius 3 is 2.37 bits per heavy atom. The number of methoxy groups -OCH3 is 1. The van der Waals surface area contributed by atoms with Crippen LogP contribution in [-0.4, -0.2) is 67.9 Å². The summed E-state index contributed by atoms with van der Waals surface area (Å²) in [6, 6.07) is 5.12. The SMILES string of the molecule is COC(=O)N(C)Cc1cccc(N2CCN(C(=O)OC(C)(C)C)CC2)c1F. The molecule has 2 amide bonds. The van der Waals surface area contributed by atoms with Gasteiger partial charge in [-0.2, -0.15) is 0 Å². The largest absolute Gasteiger partial charge is 0.453 e. The van der Waals surface area contributed by atoms with Gasteiger partial charge in [0.05, 0.1) is 19.3 Å². The lowest BCUT2D eigenvalue weighted by molar-refractivity contribution is 0.0240. The van der Waals surface area contributed by atoms with Crippen molar-refractivity contribution in [3.05, 3.63) is 29.6 Å². The summed E-state index contributed by atoms with van der Waals surface area (Å²) in [4.78, 5) is 28.5. The number of carbonyl (C=O) groups is 2. The van der Waals surface area contributed by atoms with Crippen molar-refractivity contribution in [2.45, 2.75) is 32.9 Å². The number of rotatable bonds is 3. The molecule has 7 nitrogen and oxygen atoms in total. The number of hydrogen-bond acceptors (Lipinski definition) is 5. The van der Waals surface area contributed by atoms with E-state index in [2.05, 4.69) is 4.74 Å². The third kappa shape index (κ3) is 5.48. The number of amides is 2. The van der Waals surface area contributed by atoms with Crippen LogP contribution in [0.2, 0.25) is 0 Å². The molecule has 0 radical (unpaired) electrons. The van der Waals surface area contributed by atoms with Crippen molar-refractivity contribution in [1.82, 2.24) is 9.80 Å². The zero-order valence-corrected chi connectivity index (χ0v) is 16.6. The Bertz CT molecular complexity index is 682. The first-order valence-corrected chi connectivity index (χ1v) is 8.91. The number of ether oxygens (including phenoxy) is 2. The minimum absolute atomic E-state index is 0.115. The van der Waals surface area contributed by atoms with Crippen LogP contribution in [0, 0.1) is 5.82 Å². The number of piperazine rings is 1. The topological polar surface area (TPSA) is 62.3 Å². The van der Waals surface area contributed by atoms with E-state index < -0.39 is 11.7 Å². The molecule has 27 heavy (non-hydrogen) atoms. The Balaban J connectivity index is 2.03. The van der Waals surface area contributed by atoms with E-state index in [4.69, 9.17) is 4.74 Å². The Kier molecular flexibility index (Phi) is 6.51.